The van der Waals surface area contributed by atoms with Gasteiger partial charge in [0.2, 0.25) is 0 Å². The molecule has 1 atom stereocenters. The predicted molar refractivity (Wildman–Crippen MR) is 70.5 cm³/mol. The molecule has 0 radical (unpaired) electrons. The fourth-order valence-electron chi connectivity index (χ4n) is 1.81. The highest BCUT2D eigenvalue weighted by molar-refractivity contribution is 7.90. The second kappa shape index (κ2) is 6.60. The van der Waals surface area contributed by atoms with Crippen molar-refractivity contribution in [2.24, 2.45) is 5.41 Å². The molecule has 98 valence electrons. The van der Waals surface area contributed by atoms with Crippen LogP contribution in [-0.2, 0) is 9.84 Å². The monoisotopic (exact) mass is 249 g/mol. The summed E-state index contributed by atoms with van der Waals surface area (Å²) in [6.07, 6.45) is 4.09. The molecule has 0 saturated carbocycles. The zero-order chi connectivity index (χ0) is 12.8. The summed E-state index contributed by atoms with van der Waals surface area (Å²) in [5, 5.41) is 3.47. The maximum atomic E-state index is 11.1. The predicted octanol–water partition coefficient (Wildman–Crippen LogP) is 2.23. The van der Waals surface area contributed by atoms with Crippen LogP contribution < -0.4 is 5.32 Å². The van der Waals surface area contributed by atoms with Crippen molar-refractivity contribution in [1.82, 2.24) is 5.32 Å². The minimum absolute atomic E-state index is 0.230. The lowest BCUT2D eigenvalue weighted by molar-refractivity contribution is 0.222. The Hall–Kier alpha value is -0.0900. The summed E-state index contributed by atoms with van der Waals surface area (Å²) in [6.45, 7) is 9.69. The number of hydrogen-bond donors (Lipinski definition) is 1. The first-order valence-electron chi connectivity index (χ1n) is 6.14. The average molecular weight is 249 g/mol. The normalized spacial score (nSPS) is 15.1. The summed E-state index contributed by atoms with van der Waals surface area (Å²) in [5.41, 5.74) is 0.230. The first-order chi connectivity index (χ1) is 7.23. The Kier molecular flexibility index (Phi) is 6.56. The maximum absolute atomic E-state index is 11.1. The average Bonchev–Trinajstić information content (AvgIpc) is 2.14. The molecule has 0 aliphatic heterocycles. The van der Waals surface area contributed by atoms with Gasteiger partial charge in [0.1, 0.15) is 9.84 Å². The van der Waals surface area contributed by atoms with E-state index in [0.29, 0.717) is 11.8 Å². The smallest absolute Gasteiger partial charge is 0.147 e. The van der Waals surface area contributed by atoms with E-state index in [1.165, 1.54) is 6.26 Å². The number of hydrogen-bond acceptors (Lipinski definition) is 3. The van der Waals surface area contributed by atoms with E-state index >= 15 is 0 Å². The number of sulfone groups is 1. The first-order valence-corrected chi connectivity index (χ1v) is 8.20. The Morgan fingerprint density at radius 2 is 1.81 bits per heavy atom. The van der Waals surface area contributed by atoms with E-state index in [1.54, 1.807) is 0 Å². The van der Waals surface area contributed by atoms with Crippen LogP contribution in [0.2, 0.25) is 0 Å². The van der Waals surface area contributed by atoms with Gasteiger partial charge in [-0.3, -0.25) is 0 Å². The third-order valence-electron chi connectivity index (χ3n) is 3.31. The second-order valence-electron chi connectivity index (χ2n) is 5.22. The molecular weight excluding hydrogens is 222 g/mol. The largest absolute Gasteiger partial charge is 0.314 e. The van der Waals surface area contributed by atoms with Crippen molar-refractivity contribution in [3.63, 3.8) is 0 Å². The molecule has 1 unspecified atom stereocenters. The van der Waals surface area contributed by atoms with E-state index in [2.05, 4.69) is 33.0 Å². The van der Waals surface area contributed by atoms with Gasteiger partial charge in [-0.15, -0.1) is 0 Å². The topological polar surface area (TPSA) is 46.2 Å². The summed E-state index contributed by atoms with van der Waals surface area (Å²) in [5.74, 6) is 0.300. The fraction of sp³-hybridized carbons (Fsp3) is 1.00. The zero-order valence-electron chi connectivity index (χ0n) is 11.3. The van der Waals surface area contributed by atoms with Crippen LogP contribution in [0, 0.1) is 5.41 Å². The summed E-state index contributed by atoms with van der Waals surface area (Å²) in [6, 6.07) is 0.407. The van der Waals surface area contributed by atoms with E-state index in [1.807, 2.05) is 0 Å². The molecule has 0 heterocycles. The maximum Gasteiger partial charge on any atom is 0.147 e. The van der Waals surface area contributed by atoms with Crippen molar-refractivity contribution in [1.29, 1.82) is 0 Å². The van der Waals surface area contributed by atoms with Crippen LogP contribution in [-0.4, -0.2) is 33.0 Å². The van der Waals surface area contributed by atoms with Gasteiger partial charge in [0.15, 0.2) is 0 Å². The molecule has 4 heteroatoms. The highest BCUT2D eigenvalue weighted by Crippen LogP contribution is 2.27. The van der Waals surface area contributed by atoms with Crippen molar-refractivity contribution in [2.45, 2.75) is 53.0 Å². The molecule has 0 rings (SSSR count). The van der Waals surface area contributed by atoms with Crippen molar-refractivity contribution in [3.8, 4) is 0 Å². The van der Waals surface area contributed by atoms with Gasteiger partial charge in [0.05, 0.1) is 0 Å². The highest BCUT2D eigenvalue weighted by Gasteiger charge is 2.26. The van der Waals surface area contributed by atoms with Gasteiger partial charge < -0.3 is 5.32 Å². The molecule has 0 aromatic carbocycles. The summed E-state index contributed by atoms with van der Waals surface area (Å²) in [7, 11) is -2.81. The Labute approximate surface area is 101 Å². The SMILES string of the molecule is CCNC(CCCS(C)(=O)=O)C(C)(C)CC. The van der Waals surface area contributed by atoms with E-state index in [0.717, 1.165) is 25.8 Å². The van der Waals surface area contributed by atoms with Crippen LogP contribution in [0.5, 0.6) is 0 Å². The van der Waals surface area contributed by atoms with Crippen LogP contribution in [0.1, 0.15) is 47.0 Å². The second-order valence-corrected chi connectivity index (χ2v) is 7.48. The molecule has 16 heavy (non-hydrogen) atoms. The van der Waals surface area contributed by atoms with Crippen molar-refractivity contribution < 1.29 is 8.42 Å². The third kappa shape index (κ3) is 6.48. The Morgan fingerprint density at radius 3 is 2.19 bits per heavy atom. The van der Waals surface area contributed by atoms with Gasteiger partial charge in [-0.2, -0.15) is 0 Å². The lowest BCUT2D eigenvalue weighted by atomic mass is 9.80. The van der Waals surface area contributed by atoms with Gasteiger partial charge in [0.25, 0.3) is 0 Å². The lowest BCUT2D eigenvalue weighted by Crippen LogP contribution is -2.41. The van der Waals surface area contributed by atoms with E-state index in [-0.39, 0.29) is 5.41 Å². The molecule has 0 spiro atoms. The molecule has 0 aliphatic carbocycles. The molecule has 0 saturated heterocycles. The standard InChI is InChI=1S/C12H27NO2S/c1-6-12(3,4)11(13-7-2)9-8-10-16(5,14)15/h11,13H,6-10H2,1-5H3. The van der Waals surface area contributed by atoms with E-state index in [4.69, 9.17) is 0 Å². The van der Waals surface area contributed by atoms with Crippen LogP contribution in [0.4, 0.5) is 0 Å². The molecule has 1 N–H and O–H groups in total. The Bertz CT molecular complexity index is 283. The van der Waals surface area contributed by atoms with E-state index in [9.17, 15) is 8.42 Å². The van der Waals surface area contributed by atoms with Crippen LogP contribution in [0.3, 0.4) is 0 Å². The molecule has 0 bridgehead atoms. The molecule has 3 nitrogen and oxygen atoms in total. The van der Waals surface area contributed by atoms with Gasteiger partial charge in [-0.1, -0.05) is 27.7 Å². The van der Waals surface area contributed by atoms with Gasteiger partial charge in [-0.05, 0) is 31.2 Å². The zero-order valence-corrected chi connectivity index (χ0v) is 12.2. The van der Waals surface area contributed by atoms with Crippen LogP contribution >= 0.6 is 0 Å². The molecular formula is C12H27NO2S. The van der Waals surface area contributed by atoms with Crippen LogP contribution in [0.25, 0.3) is 0 Å². The molecule has 0 aromatic rings. The molecule has 0 amide bonds. The first kappa shape index (κ1) is 15.9. The minimum Gasteiger partial charge on any atom is -0.314 e. The van der Waals surface area contributed by atoms with Crippen molar-refractivity contribution in [2.75, 3.05) is 18.6 Å². The van der Waals surface area contributed by atoms with E-state index < -0.39 is 9.84 Å². The lowest BCUT2D eigenvalue weighted by Gasteiger charge is -2.34. The molecule has 0 fully saturated rings. The third-order valence-corrected chi connectivity index (χ3v) is 4.34. The molecule has 0 aromatic heterocycles. The van der Waals surface area contributed by atoms with Crippen LogP contribution in [0.15, 0.2) is 0 Å². The number of nitrogens with one attached hydrogen (secondary N) is 1. The Balaban J connectivity index is 4.25. The number of rotatable bonds is 8. The van der Waals surface area contributed by atoms with Gasteiger partial charge >= 0.3 is 0 Å². The van der Waals surface area contributed by atoms with Gasteiger partial charge in [0, 0.05) is 18.1 Å². The quantitative estimate of drug-likeness (QED) is 0.717. The van der Waals surface area contributed by atoms with Crippen molar-refractivity contribution in [3.05, 3.63) is 0 Å². The minimum atomic E-state index is -2.81. The highest BCUT2D eigenvalue weighted by atomic mass is 32.2. The van der Waals surface area contributed by atoms with Gasteiger partial charge in [-0.25, -0.2) is 8.42 Å². The summed E-state index contributed by atoms with van der Waals surface area (Å²) >= 11 is 0. The molecule has 0 aliphatic rings. The fourth-order valence-corrected chi connectivity index (χ4v) is 2.50. The Morgan fingerprint density at radius 1 is 1.25 bits per heavy atom. The van der Waals surface area contributed by atoms with Crippen molar-refractivity contribution >= 4 is 9.84 Å². The summed E-state index contributed by atoms with van der Waals surface area (Å²) < 4.78 is 22.1. The summed E-state index contributed by atoms with van der Waals surface area (Å²) in [4.78, 5) is 0.